The van der Waals surface area contributed by atoms with Gasteiger partial charge < -0.3 is 4.74 Å². The molecule has 4 nitrogen and oxygen atoms in total. The Labute approximate surface area is 89.1 Å². The van der Waals surface area contributed by atoms with Crippen LogP contribution in [-0.2, 0) is 4.74 Å². The minimum atomic E-state index is -0.509. The number of methoxy groups -OCH3 is 1. The summed E-state index contributed by atoms with van der Waals surface area (Å²) in [5.41, 5.74) is 1.13. The number of aromatic nitrogens is 2. The summed E-state index contributed by atoms with van der Waals surface area (Å²) in [6.07, 6.45) is 0. The second-order valence-corrected chi connectivity index (χ2v) is 3.93. The first-order valence-corrected chi connectivity index (χ1v) is 5.11. The monoisotopic (exact) mass is 230 g/mol. The lowest BCUT2D eigenvalue weighted by atomic mass is 10.5. The zero-order chi connectivity index (χ0) is 10.3. The fraction of sp³-hybridized carbons (Fsp3) is 0.250. The van der Waals surface area contributed by atoms with Gasteiger partial charge in [0.2, 0.25) is 0 Å². The van der Waals surface area contributed by atoms with Crippen LogP contribution >= 0.6 is 22.9 Å². The van der Waals surface area contributed by atoms with E-state index in [-0.39, 0.29) is 5.69 Å². The van der Waals surface area contributed by atoms with E-state index in [4.69, 9.17) is 11.6 Å². The van der Waals surface area contributed by atoms with Crippen LogP contribution in [0.5, 0.6) is 0 Å². The maximum Gasteiger partial charge on any atom is 0.359 e. The van der Waals surface area contributed by atoms with Crippen molar-refractivity contribution in [1.82, 2.24) is 9.38 Å². The van der Waals surface area contributed by atoms with E-state index < -0.39 is 5.97 Å². The molecule has 2 heterocycles. The van der Waals surface area contributed by atoms with Gasteiger partial charge >= 0.3 is 5.97 Å². The standard InChI is InChI=1S/C8H7ClN2O2S/c1-4-3-14-8-10-5(7(12)13-2)6(9)11(4)8/h3H,1-2H3. The number of halogens is 1. The number of rotatable bonds is 1. The first kappa shape index (κ1) is 9.48. The molecular weight excluding hydrogens is 224 g/mol. The van der Waals surface area contributed by atoms with Crippen LogP contribution in [0.1, 0.15) is 16.2 Å². The molecule has 0 atom stereocenters. The van der Waals surface area contributed by atoms with Crippen LogP contribution in [0.2, 0.25) is 5.15 Å². The van der Waals surface area contributed by atoms with Gasteiger partial charge in [-0.15, -0.1) is 11.3 Å². The van der Waals surface area contributed by atoms with E-state index in [1.807, 2.05) is 12.3 Å². The molecule has 2 aromatic rings. The van der Waals surface area contributed by atoms with Crippen molar-refractivity contribution in [1.29, 1.82) is 0 Å². The van der Waals surface area contributed by atoms with E-state index >= 15 is 0 Å². The number of hydrogen-bond donors (Lipinski definition) is 0. The van der Waals surface area contributed by atoms with Gasteiger partial charge in [0.1, 0.15) is 5.15 Å². The number of imidazole rings is 1. The lowest BCUT2D eigenvalue weighted by Gasteiger charge is -1.94. The summed E-state index contributed by atoms with van der Waals surface area (Å²) in [6.45, 7) is 1.90. The van der Waals surface area contributed by atoms with Crippen LogP contribution in [0.4, 0.5) is 0 Å². The molecule has 6 heteroatoms. The third-order valence-corrected chi connectivity index (χ3v) is 3.15. The second kappa shape index (κ2) is 3.25. The predicted molar refractivity (Wildman–Crippen MR) is 54.2 cm³/mol. The van der Waals surface area contributed by atoms with Gasteiger partial charge in [-0.1, -0.05) is 11.6 Å². The molecule has 0 aromatic carbocycles. The Morgan fingerprint density at radius 1 is 1.71 bits per heavy atom. The molecule has 2 aromatic heterocycles. The summed E-state index contributed by atoms with van der Waals surface area (Å²) < 4.78 is 6.28. The third-order valence-electron chi connectivity index (χ3n) is 1.86. The molecule has 14 heavy (non-hydrogen) atoms. The number of carbonyl (C=O) groups excluding carboxylic acids is 1. The molecule has 0 fully saturated rings. The predicted octanol–water partition coefficient (Wildman–Crippen LogP) is 2.14. The lowest BCUT2D eigenvalue weighted by Crippen LogP contribution is -2.02. The van der Waals surface area contributed by atoms with Crippen LogP contribution in [0, 0.1) is 6.92 Å². The van der Waals surface area contributed by atoms with Gasteiger partial charge in [0, 0.05) is 11.1 Å². The van der Waals surface area contributed by atoms with Gasteiger partial charge in [-0.05, 0) is 6.92 Å². The smallest absolute Gasteiger partial charge is 0.359 e. The highest BCUT2D eigenvalue weighted by Gasteiger charge is 2.19. The van der Waals surface area contributed by atoms with Gasteiger partial charge in [0.25, 0.3) is 0 Å². The van der Waals surface area contributed by atoms with Gasteiger partial charge in [0.05, 0.1) is 7.11 Å². The second-order valence-electron chi connectivity index (χ2n) is 2.74. The summed E-state index contributed by atoms with van der Waals surface area (Å²) in [6, 6.07) is 0. The number of aryl methyl sites for hydroxylation is 1. The Hall–Kier alpha value is -1.07. The molecule has 0 saturated heterocycles. The van der Waals surface area contributed by atoms with Gasteiger partial charge in [0.15, 0.2) is 10.7 Å². The number of hydrogen-bond acceptors (Lipinski definition) is 4. The fourth-order valence-corrected chi connectivity index (χ4v) is 2.43. The van der Waals surface area contributed by atoms with Gasteiger partial charge in [-0.25, -0.2) is 9.78 Å². The van der Waals surface area contributed by atoms with E-state index in [0.29, 0.717) is 10.1 Å². The van der Waals surface area contributed by atoms with Gasteiger partial charge in [-0.3, -0.25) is 4.40 Å². The number of carbonyl (C=O) groups is 1. The van der Waals surface area contributed by atoms with Crippen molar-refractivity contribution in [3.05, 3.63) is 21.9 Å². The molecule has 0 saturated carbocycles. The van der Waals surface area contributed by atoms with E-state index in [2.05, 4.69) is 9.72 Å². The zero-order valence-corrected chi connectivity index (χ0v) is 9.15. The molecule has 0 N–H and O–H groups in total. The number of thiazole rings is 1. The Morgan fingerprint density at radius 3 is 3.00 bits per heavy atom. The topological polar surface area (TPSA) is 43.6 Å². The fourth-order valence-electron chi connectivity index (χ4n) is 1.18. The summed E-state index contributed by atoms with van der Waals surface area (Å²) in [7, 11) is 1.30. The van der Waals surface area contributed by atoms with Crippen molar-refractivity contribution in [2.24, 2.45) is 0 Å². The quantitative estimate of drug-likeness (QED) is 0.705. The van der Waals surface area contributed by atoms with E-state index in [1.54, 1.807) is 4.40 Å². The molecule has 0 aliphatic carbocycles. The minimum Gasteiger partial charge on any atom is -0.464 e. The highest BCUT2D eigenvalue weighted by molar-refractivity contribution is 7.15. The lowest BCUT2D eigenvalue weighted by molar-refractivity contribution is 0.0595. The van der Waals surface area contributed by atoms with Crippen LogP contribution in [0.25, 0.3) is 4.96 Å². The average Bonchev–Trinajstić information content (AvgIpc) is 2.68. The Kier molecular flexibility index (Phi) is 2.20. The highest BCUT2D eigenvalue weighted by Crippen LogP contribution is 2.24. The van der Waals surface area contributed by atoms with Crippen molar-refractivity contribution in [3.63, 3.8) is 0 Å². The first-order chi connectivity index (χ1) is 6.65. The number of fused-ring (bicyclic) bond motifs is 1. The molecule has 74 valence electrons. The van der Waals surface area contributed by atoms with E-state index in [1.165, 1.54) is 18.4 Å². The van der Waals surface area contributed by atoms with Gasteiger partial charge in [-0.2, -0.15) is 0 Å². The largest absolute Gasteiger partial charge is 0.464 e. The molecule has 2 rings (SSSR count). The molecule has 0 amide bonds. The molecule has 0 radical (unpaired) electrons. The van der Waals surface area contributed by atoms with Crippen LogP contribution in [-0.4, -0.2) is 22.5 Å². The Balaban J connectivity index is 2.69. The normalized spacial score (nSPS) is 10.8. The zero-order valence-electron chi connectivity index (χ0n) is 7.57. The summed E-state index contributed by atoms with van der Waals surface area (Å²) >= 11 is 7.42. The van der Waals surface area contributed by atoms with Crippen molar-refractivity contribution in [3.8, 4) is 0 Å². The maximum absolute atomic E-state index is 11.2. The summed E-state index contributed by atoms with van der Waals surface area (Å²) in [5, 5.41) is 2.24. The summed E-state index contributed by atoms with van der Waals surface area (Å²) in [5.74, 6) is -0.509. The van der Waals surface area contributed by atoms with Crippen LogP contribution in [0.3, 0.4) is 0 Å². The van der Waals surface area contributed by atoms with Crippen molar-refractivity contribution in [2.45, 2.75) is 6.92 Å². The average molecular weight is 231 g/mol. The molecule has 0 unspecified atom stereocenters. The first-order valence-electron chi connectivity index (χ1n) is 3.85. The van der Waals surface area contributed by atoms with E-state index in [0.717, 1.165) is 5.69 Å². The minimum absolute atomic E-state index is 0.170. The molecule has 0 aliphatic rings. The molecule has 0 aliphatic heterocycles. The third kappa shape index (κ3) is 1.20. The van der Waals surface area contributed by atoms with Crippen molar-refractivity contribution >= 4 is 33.9 Å². The highest BCUT2D eigenvalue weighted by atomic mass is 35.5. The summed E-state index contributed by atoms with van der Waals surface area (Å²) in [4.78, 5) is 16.0. The SMILES string of the molecule is COC(=O)c1nc2scc(C)n2c1Cl. The number of ether oxygens (including phenoxy) is 1. The maximum atomic E-state index is 11.2. The molecule has 0 bridgehead atoms. The van der Waals surface area contributed by atoms with Crippen molar-refractivity contribution < 1.29 is 9.53 Å². The molecule has 0 spiro atoms. The number of nitrogens with zero attached hydrogens (tertiary/aromatic N) is 2. The van der Waals surface area contributed by atoms with E-state index in [9.17, 15) is 4.79 Å². The Bertz CT molecular complexity index is 503. The number of esters is 1. The molecular formula is C8H7ClN2O2S. The van der Waals surface area contributed by atoms with Crippen LogP contribution < -0.4 is 0 Å². The van der Waals surface area contributed by atoms with Crippen LogP contribution in [0.15, 0.2) is 5.38 Å². The Morgan fingerprint density at radius 2 is 2.43 bits per heavy atom. The van der Waals surface area contributed by atoms with Crippen molar-refractivity contribution in [2.75, 3.05) is 7.11 Å².